The molecule has 1 fully saturated rings. The van der Waals surface area contributed by atoms with Gasteiger partial charge in [-0.1, -0.05) is 0 Å². The van der Waals surface area contributed by atoms with Crippen molar-refractivity contribution in [2.75, 3.05) is 7.11 Å². The van der Waals surface area contributed by atoms with Crippen LogP contribution in [0.5, 0.6) is 5.75 Å². The third-order valence-electron chi connectivity index (χ3n) is 2.58. The number of hydrogen-bond acceptors (Lipinski definition) is 2. The molecule has 1 aliphatic carbocycles. The van der Waals surface area contributed by atoms with Crippen molar-refractivity contribution in [2.45, 2.75) is 25.0 Å². The first-order valence-electron chi connectivity index (χ1n) is 4.83. The van der Waals surface area contributed by atoms with E-state index in [1.54, 1.807) is 19.2 Å². The third-order valence-corrected chi connectivity index (χ3v) is 3.19. The summed E-state index contributed by atoms with van der Waals surface area (Å²) in [6.07, 6.45) is 2.34. The highest BCUT2D eigenvalue weighted by Crippen LogP contribution is 2.29. The lowest BCUT2D eigenvalue weighted by molar-refractivity contribution is -0.0381. The van der Waals surface area contributed by atoms with Crippen LogP contribution in [-0.4, -0.2) is 19.3 Å². The van der Waals surface area contributed by atoms with Crippen LogP contribution in [0.1, 0.15) is 12.8 Å². The summed E-state index contributed by atoms with van der Waals surface area (Å²) >= 11 is 3.12. The average molecular weight is 275 g/mol. The summed E-state index contributed by atoms with van der Waals surface area (Å²) in [5, 5.41) is 0. The molecule has 0 heterocycles. The van der Waals surface area contributed by atoms with E-state index in [2.05, 4.69) is 15.9 Å². The van der Waals surface area contributed by atoms with Gasteiger partial charge in [0.25, 0.3) is 0 Å². The van der Waals surface area contributed by atoms with Crippen molar-refractivity contribution < 1.29 is 13.9 Å². The highest BCUT2D eigenvalue weighted by Gasteiger charge is 2.30. The second-order valence-corrected chi connectivity index (χ2v) is 4.50. The number of ether oxygens (including phenoxy) is 2. The van der Waals surface area contributed by atoms with E-state index in [-0.39, 0.29) is 11.9 Å². The fraction of sp³-hybridized carbons (Fsp3) is 0.455. The van der Waals surface area contributed by atoms with Gasteiger partial charge in [-0.2, -0.15) is 0 Å². The molecule has 0 spiro atoms. The normalized spacial score (nSPS) is 24.7. The first kappa shape index (κ1) is 10.9. The van der Waals surface area contributed by atoms with Crippen molar-refractivity contribution in [1.82, 2.24) is 0 Å². The molecule has 4 heteroatoms. The summed E-state index contributed by atoms with van der Waals surface area (Å²) in [5.74, 6) is 0.425. The first-order chi connectivity index (χ1) is 7.19. The molecule has 0 unspecified atom stereocenters. The van der Waals surface area contributed by atoms with Gasteiger partial charge in [-0.05, 0) is 34.1 Å². The second kappa shape index (κ2) is 4.49. The summed E-state index contributed by atoms with van der Waals surface area (Å²) in [6, 6.07) is 4.68. The standard InChI is InChI=1S/C11H12BrFO2/c1-14-8-4-9(5-8)15-7-2-3-11(13)10(12)6-7/h2-3,6,8-9H,4-5H2,1H3. The Labute approximate surface area is 96.5 Å². The number of methoxy groups -OCH3 is 1. The van der Waals surface area contributed by atoms with E-state index in [0.29, 0.717) is 16.3 Å². The molecular weight excluding hydrogens is 263 g/mol. The van der Waals surface area contributed by atoms with E-state index < -0.39 is 0 Å². The maximum atomic E-state index is 12.9. The molecule has 1 aromatic carbocycles. The number of benzene rings is 1. The van der Waals surface area contributed by atoms with Crippen LogP contribution in [-0.2, 0) is 4.74 Å². The molecule has 2 nitrogen and oxygen atoms in total. The lowest BCUT2D eigenvalue weighted by atomic mass is 9.92. The zero-order valence-corrected chi connectivity index (χ0v) is 9.96. The molecular formula is C11H12BrFO2. The number of hydrogen-bond donors (Lipinski definition) is 0. The molecule has 0 bridgehead atoms. The lowest BCUT2D eigenvalue weighted by Gasteiger charge is -2.34. The van der Waals surface area contributed by atoms with Gasteiger partial charge >= 0.3 is 0 Å². The fourth-order valence-corrected chi connectivity index (χ4v) is 1.91. The van der Waals surface area contributed by atoms with Gasteiger partial charge in [-0.25, -0.2) is 4.39 Å². The summed E-state index contributed by atoms with van der Waals surface area (Å²) in [5.41, 5.74) is 0. The minimum Gasteiger partial charge on any atom is -0.490 e. The molecule has 1 aromatic rings. The molecule has 2 rings (SSSR count). The Balaban J connectivity index is 1.92. The summed E-state index contributed by atoms with van der Waals surface area (Å²) in [4.78, 5) is 0. The topological polar surface area (TPSA) is 18.5 Å². The molecule has 82 valence electrons. The van der Waals surface area contributed by atoms with Crippen molar-refractivity contribution >= 4 is 15.9 Å². The van der Waals surface area contributed by atoms with Crippen molar-refractivity contribution in [1.29, 1.82) is 0 Å². The minimum absolute atomic E-state index is 0.201. The maximum absolute atomic E-state index is 12.9. The van der Waals surface area contributed by atoms with E-state index in [4.69, 9.17) is 9.47 Å². The summed E-state index contributed by atoms with van der Waals surface area (Å²) < 4.78 is 24.1. The Kier molecular flexibility index (Phi) is 3.26. The van der Waals surface area contributed by atoms with E-state index in [0.717, 1.165) is 12.8 Å². The fourth-order valence-electron chi connectivity index (χ4n) is 1.55. The van der Waals surface area contributed by atoms with Crippen molar-refractivity contribution in [3.05, 3.63) is 28.5 Å². The Hall–Kier alpha value is -0.610. The quantitative estimate of drug-likeness (QED) is 0.843. The van der Waals surface area contributed by atoms with Gasteiger partial charge in [-0.15, -0.1) is 0 Å². The molecule has 0 saturated heterocycles. The van der Waals surface area contributed by atoms with Crippen LogP contribution in [0.2, 0.25) is 0 Å². The Morgan fingerprint density at radius 2 is 2.07 bits per heavy atom. The molecule has 1 saturated carbocycles. The van der Waals surface area contributed by atoms with E-state index in [9.17, 15) is 4.39 Å². The van der Waals surface area contributed by atoms with Crippen LogP contribution < -0.4 is 4.74 Å². The van der Waals surface area contributed by atoms with Gasteiger partial charge in [0, 0.05) is 20.0 Å². The highest BCUT2D eigenvalue weighted by molar-refractivity contribution is 9.10. The molecule has 0 aromatic heterocycles. The van der Waals surface area contributed by atoms with Gasteiger partial charge < -0.3 is 9.47 Å². The molecule has 15 heavy (non-hydrogen) atoms. The van der Waals surface area contributed by atoms with Crippen molar-refractivity contribution in [3.8, 4) is 5.75 Å². The predicted molar refractivity (Wildman–Crippen MR) is 58.5 cm³/mol. The van der Waals surface area contributed by atoms with Gasteiger partial charge in [0.15, 0.2) is 0 Å². The van der Waals surface area contributed by atoms with Gasteiger partial charge in [-0.3, -0.25) is 0 Å². The SMILES string of the molecule is COC1CC(Oc2ccc(F)c(Br)c2)C1. The lowest BCUT2D eigenvalue weighted by Crippen LogP contribution is -2.38. The van der Waals surface area contributed by atoms with Crippen LogP contribution in [0.25, 0.3) is 0 Å². The van der Waals surface area contributed by atoms with Crippen molar-refractivity contribution in [3.63, 3.8) is 0 Å². The summed E-state index contributed by atoms with van der Waals surface area (Å²) in [7, 11) is 1.70. The highest BCUT2D eigenvalue weighted by atomic mass is 79.9. The van der Waals surface area contributed by atoms with E-state index in [1.807, 2.05) is 0 Å². The monoisotopic (exact) mass is 274 g/mol. The second-order valence-electron chi connectivity index (χ2n) is 3.64. The van der Waals surface area contributed by atoms with E-state index >= 15 is 0 Å². The Bertz CT molecular complexity index is 350. The molecule has 0 aliphatic heterocycles. The molecule has 1 aliphatic rings. The molecule has 0 atom stereocenters. The van der Waals surface area contributed by atoms with Gasteiger partial charge in [0.2, 0.25) is 0 Å². The van der Waals surface area contributed by atoms with Crippen LogP contribution in [0.15, 0.2) is 22.7 Å². The minimum atomic E-state index is -0.272. The predicted octanol–water partition coefficient (Wildman–Crippen LogP) is 3.14. The first-order valence-corrected chi connectivity index (χ1v) is 5.63. The van der Waals surface area contributed by atoms with Crippen LogP contribution in [0.4, 0.5) is 4.39 Å². The third kappa shape index (κ3) is 2.49. The van der Waals surface area contributed by atoms with Crippen LogP contribution in [0, 0.1) is 5.82 Å². The van der Waals surface area contributed by atoms with Crippen LogP contribution >= 0.6 is 15.9 Å². The average Bonchev–Trinajstić information content (AvgIpc) is 2.16. The molecule has 0 N–H and O–H groups in total. The zero-order valence-electron chi connectivity index (χ0n) is 8.37. The van der Waals surface area contributed by atoms with Gasteiger partial charge in [0.05, 0.1) is 10.6 Å². The number of rotatable bonds is 3. The Morgan fingerprint density at radius 1 is 1.33 bits per heavy atom. The van der Waals surface area contributed by atoms with Gasteiger partial charge in [0.1, 0.15) is 17.7 Å². The van der Waals surface area contributed by atoms with Crippen LogP contribution in [0.3, 0.4) is 0 Å². The molecule has 0 radical (unpaired) electrons. The Morgan fingerprint density at radius 3 is 2.67 bits per heavy atom. The largest absolute Gasteiger partial charge is 0.490 e. The van der Waals surface area contributed by atoms with Crippen molar-refractivity contribution in [2.24, 2.45) is 0 Å². The smallest absolute Gasteiger partial charge is 0.137 e. The van der Waals surface area contributed by atoms with E-state index in [1.165, 1.54) is 6.07 Å². The molecule has 0 amide bonds. The number of halogens is 2. The summed E-state index contributed by atoms with van der Waals surface area (Å²) in [6.45, 7) is 0. The maximum Gasteiger partial charge on any atom is 0.137 e. The zero-order chi connectivity index (χ0) is 10.8.